The van der Waals surface area contributed by atoms with Crippen LogP contribution in [0, 0.1) is 0 Å². The maximum Gasteiger partial charge on any atom is 0.340 e. The van der Waals surface area contributed by atoms with E-state index in [9.17, 15) is 15.0 Å². The lowest BCUT2D eigenvalue weighted by molar-refractivity contribution is -0.281. The van der Waals surface area contributed by atoms with Crippen molar-refractivity contribution in [3.63, 3.8) is 0 Å². The first kappa shape index (κ1) is 30.4. The van der Waals surface area contributed by atoms with E-state index in [1.807, 2.05) is 13.1 Å². The molecule has 2 rings (SSSR count). The van der Waals surface area contributed by atoms with E-state index in [1.54, 1.807) is 18.2 Å². The van der Waals surface area contributed by atoms with Gasteiger partial charge < -0.3 is 28.5 Å². The minimum Gasteiger partial charge on any atom is -0.429 e. The average molecular weight is 547 g/mol. The fourth-order valence-electron chi connectivity index (χ4n) is 3.09. The Bertz CT molecular complexity index is 879. The first-order valence-electron chi connectivity index (χ1n) is 12.1. The quantitative estimate of drug-likeness (QED) is 0.351. The molecule has 0 aliphatic carbocycles. The van der Waals surface area contributed by atoms with Crippen LogP contribution in [0.1, 0.15) is 51.9 Å². The summed E-state index contributed by atoms with van der Waals surface area (Å²) in [7, 11) is -4.56. The lowest BCUT2D eigenvalue weighted by Gasteiger charge is -2.47. The van der Waals surface area contributed by atoms with Gasteiger partial charge in [-0.2, -0.15) is 0 Å². The number of halogens is 1. The van der Waals surface area contributed by atoms with Crippen LogP contribution in [0.15, 0.2) is 24.3 Å². The number of carbonyl (C=O) groups is 1. The van der Waals surface area contributed by atoms with Gasteiger partial charge in [-0.25, -0.2) is 4.79 Å². The van der Waals surface area contributed by atoms with Crippen LogP contribution in [0.3, 0.4) is 0 Å². The van der Waals surface area contributed by atoms with E-state index in [4.69, 9.17) is 29.9 Å². The smallest absolute Gasteiger partial charge is 0.340 e. The zero-order valence-corrected chi connectivity index (χ0v) is 25.5. The molecule has 1 fully saturated rings. The zero-order valence-electron chi connectivity index (χ0n) is 22.7. The molecule has 35 heavy (non-hydrogen) atoms. The molecule has 1 heterocycles. The second kappa shape index (κ2) is 10.9. The lowest BCUT2D eigenvalue weighted by atomic mass is 9.99. The lowest BCUT2D eigenvalue weighted by Crippen LogP contribution is -2.64. The van der Waals surface area contributed by atoms with Crippen molar-refractivity contribution in [3.05, 3.63) is 34.9 Å². The molecule has 7 nitrogen and oxygen atoms in total. The maximum atomic E-state index is 12.8. The zero-order chi connectivity index (χ0) is 27.0. The van der Waals surface area contributed by atoms with E-state index in [0.717, 1.165) is 0 Å². The maximum absolute atomic E-state index is 12.8. The molecule has 0 amide bonds. The van der Waals surface area contributed by atoms with Gasteiger partial charge in [0, 0.05) is 5.02 Å². The third-order valence-electron chi connectivity index (χ3n) is 7.58. The first-order valence-corrected chi connectivity index (χ1v) is 18.3. The molecule has 0 bridgehead atoms. The molecule has 0 unspecified atom stereocenters. The van der Waals surface area contributed by atoms with E-state index in [2.05, 4.69) is 54.6 Å². The van der Waals surface area contributed by atoms with Crippen LogP contribution >= 0.6 is 11.6 Å². The van der Waals surface area contributed by atoms with Gasteiger partial charge in [0.1, 0.15) is 24.4 Å². The van der Waals surface area contributed by atoms with Crippen LogP contribution in [0.2, 0.25) is 41.3 Å². The van der Waals surface area contributed by atoms with Gasteiger partial charge in [0.05, 0.1) is 12.2 Å². The second-order valence-electron chi connectivity index (χ2n) is 12.4. The van der Waals surface area contributed by atoms with Gasteiger partial charge in [0.15, 0.2) is 16.6 Å². The van der Waals surface area contributed by atoms with Crippen LogP contribution in [-0.4, -0.2) is 70.1 Å². The summed E-state index contributed by atoms with van der Waals surface area (Å²) in [6.07, 6.45) is -5.74. The first-order chi connectivity index (χ1) is 15.8. The van der Waals surface area contributed by atoms with Crippen LogP contribution in [0.25, 0.3) is 0 Å². The van der Waals surface area contributed by atoms with Gasteiger partial charge in [-0.15, -0.1) is 0 Å². The average Bonchev–Trinajstić information content (AvgIpc) is 2.70. The summed E-state index contributed by atoms with van der Waals surface area (Å²) in [5.74, 6) is -0.692. The summed E-state index contributed by atoms with van der Waals surface area (Å²) in [4.78, 5) is 12.8. The number of hydrogen-bond acceptors (Lipinski definition) is 7. The fraction of sp³-hybridized carbons (Fsp3) is 0.720. The summed E-state index contributed by atoms with van der Waals surface area (Å²) in [6, 6.07) is 6.34. The van der Waals surface area contributed by atoms with Crippen molar-refractivity contribution in [1.29, 1.82) is 0 Å². The van der Waals surface area contributed by atoms with Gasteiger partial charge in [-0.05, 0) is 54.5 Å². The molecule has 200 valence electrons. The molecule has 1 aromatic carbocycles. The molecular weight excluding hydrogens is 504 g/mol. The summed E-state index contributed by atoms with van der Waals surface area (Å²) >= 11 is 6.01. The number of rotatable bonds is 7. The fourth-order valence-corrected chi connectivity index (χ4v) is 5.61. The van der Waals surface area contributed by atoms with Crippen molar-refractivity contribution in [2.45, 2.75) is 109 Å². The molecule has 0 saturated carbocycles. The summed E-state index contributed by atoms with van der Waals surface area (Å²) in [5.41, 5.74) is 0.232. The number of carbonyl (C=O) groups excluding carboxylic acids is 1. The molecule has 10 heteroatoms. The van der Waals surface area contributed by atoms with Crippen LogP contribution < -0.4 is 0 Å². The molecular formula is C25H43ClO7Si2. The molecule has 1 aliphatic rings. The molecule has 5 atom stereocenters. The summed E-state index contributed by atoms with van der Waals surface area (Å²) < 4.78 is 24.2. The number of aliphatic hydroxyl groups is 2. The molecule has 0 radical (unpaired) electrons. The minimum atomic E-state index is -2.40. The van der Waals surface area contributed by atoms with E-state index in [0.29, 0.717) is 5.02 Å². The predicted octanol–water partition coefficient (Wildman–Crippen LogP) is 5.36. The van der Waals surface area contributed by atoms with Gasteiger partial charge in [0.25, 0.3) is 0 Å². The Labute approximate surface area is 217 Å². The largest absolute Gasteiger partial charge is 0.429 e. The van der Waals surface area contributed by atoms with Crippen LogP contribution in [0.4, 0.5) is 0 Å². The SMILES string of the molecule is CC(C)(C)[Si](C)(C)OC[C@H]1O[C@H](OC(=O)c2cccc(Cl)c2)[C@H](O)[C@@H](O[Si](C)(C)C(C)(C)C)[C@H]1O. The number of esters is 1. The van der Waals surface area contributed by atoms with Crippen molar-refractivity contribution < 1.29 is 33.3 Å². The predicted molar refractivity (Wildman–Crippen MR) is 143 cm³/mol. The minimum absolute atomic E-state index is 0.0401. The Hall–Kier alpha value is -0.786. The van der Waals surface area contributed by atoms with E-state index in [1.165, 1.54) is 6.07 Å². The van der Waals surface area contributed by atoms with Crippen molar-refractivity contribution in [3.8, 4) is 0 Å². The summed E-state index contributed by atoms with van der Waals surface area (Å²) in [5, 5.41) is 22.5. The molecule has 0 spiro atoms. The van der Waals surface area contributed by atoms with E-state index in [-0.39, 0.29) is 22.2 Å². The molecule has 2 N–H and O–H groups in total. The van der Waals surface area contributed by atoms with Gasteiger partial charge in [0.2, 0.25) is 6.29 Å². The highest BCUT2D eigenvalue weighted by atomic mass is 35.5. The normalized spacial score (nSPS) is 26.5. The molecule has 1 saturated heterocycles. The molecule has 1 aromatic rings. The number of ether oxygens (including phenoxy) is 2. The highest BCUT2D eigenvalue weighted by Crippen LogP contribution is 2.40. The van der Waals surface area contributed by atoms with E-state index < -0.39 is 53.3 Å². The Morgan fingerprint density at radius 1 is 1.00 bits per heavy atom. The third kappa shape index (κ3) is 7.38. The highest BCUT2D eigenvalue weighted by Gasteiger charge is 2.51. The van der Waals surface area contributed by atoms with Crippen molar-refractivity contribution in [1.82, 2.24) is 0 Å². The van der Waals surface area contributed by atoms with Crippen LogP contribution in [0.5, 0.6) is 0 Å². The summed E-state index contributed by atoms with van der Waals surface area (Å²) in [6.45, 7) is 21.0. The molecule has 0 aromatic heterocycles. The number of hydrogen-bond donors (Lipinski definition) is 2. The Morgan fingerprint density at radius 3 is 2.09 bits per heavy atom. The van der Waals surface area contributed by atoms with E-state index >= 15 is 0 Å². The van der Waals surface area contributed by atoms with Crippen molar-refractivity contribution in [2.24, 2.45) is 0 Å². The van der Waals surface area contributed by atoms with Crippen molar-refractivity contribution >= 4 is 34.2 Å². The second-order valence-corrected chi connectivity index (χ2v) is 22.4. The Morgan fingerprint density at radius 2 is 1.57 bits per heavy atom. The third-order valence-corrected chi connectivity index (χ3v) is 16.8. The monoisotopic (exact) mass is 546 g/mol. The van der Waals surface area contributed by atoms with Gasteiger partial charge >= 0.3 is 5.97 Å². The molecule has 1 aliphatic heterocycles. The van der Waals surface area contributed by atoms with Crippen molar-refractivity contribution in [2.75, 3.05) is 6.61 Å². The van der Waals surface area contributed by atoms with Crippen LogP contribution in [-0.2, 0) is 18.3 Å². The number of aliphatic hydroxyl groups excluding tert-OH is 2. The standard InChI is InChI=1S/C25H43ClO7Si2/c1-24(2,3)34(7,8)30-15-18-19(27)21(33-35(9,10)25(4,5)6)20(28)23(31-18)32-22(29)16-12-11-13-17(26)14-16/h11-14,18-21,23,27-28H,15H2,1-10H3/t18-,19+,20-,21+,23-/m1/s1. The van der Waals surface area contributed by atoms with Gasteiger partial charge in [-0.1, -0.05) is 59.2 Å². The topological polar surface area (TPSA) is 94.5 Å². The Kier molecular flexibility index (Phi) is 9.49. The number of benzene rings is 1. The highest BCUT2D eigenvalue weighted by molar-refractivity contribution is 6.74. The Balaban J connectivity index is 2.32. The van der Waals surface area contributed by atoms with Gasteiger partial charge in [-0.3, -0.25) is 0 Å².